The molecule has 0 bridgehead atoms. The van der Waals surface area contributed by atoms with Crippen LogP contribution < -0.4 is 0 Å². The van der Waals surface area contributed by atoms with Crippen molar-refractivity contribution < 1.29 is 0 Å². The van der Waals surface area contributed by atoms with Gasteiger partial charge in [-0.05, 0) is 24.3 Å². The lowest BCUT2D eigenvalue weighted by molar-refractivity contribution is 1.27. The summed E-state index contributed by atoms with van der Waals surface area (Å²) >= 11 is 0. The number of imidazole rings is 1. The Bertz CT molecular complexity index is 843. The second-order valence-electron chi connectivity index (χ2n) is 5.13. The van der Waals surface area contributed by atoms with Crippen molar-refractivity contribution in [2.24, 2.45) is 0 Å². The molecule has 110 valence electrons. The third-order valence-corrected chi connectivity index (χ3v) is 3.63. The van der Waals surface area contributed by atoms with Crippen LogP contribution in [0.1, 0.15) is 0 Å². The fraction of sp³-hybridized carbons (Fsp3) is 0. The summed E-state index contributed by atoms with van der Waals surface area (Å²) in [7, 11) is 0. The van der Waals surface area contributed by atoms with E-state index in [-0.39, 0.29) is 0 Å². The monoisotopic (exact) mass is 298 g/mol. The van der Waals surface area contributed by atoms with Crippen molar-refractivity contribution in [3.8, 4) is 34.0 Å². The van der Waals surface area contributed by atoms with E-state index < -0.39 is 0 Å². The van der Waals surface area contributed by atoms with Crippen molar-refractivity contribution in [2.45, 2.75) is 0 Å². The van der Waals surface area contributed by atoms with Gasteiger partial charge in [0.05, 0.1) is 17.1 Å². The average Bonchev–Trinajstić information content (AvgIpc) is 3.09. The van der Waals surface area contributed by atoms with E-state index in [0.29, 0.717) is 0 Å². The largest absolute Gasteiger partial charge is 0.336 e. The van der Waals surface area contributed by atoms with E-state index >= 15 is 0 Å². The van der Waals surface area contributed by atoms with Gasteiger partial charge in [0.15, 0.2) is 0 Å². The second kappa shape index (κ2) is 5.85. The summed E-state index contributed by atoms with van der Waals surface area (Å²) in [6, 6.07) is 19.9. The Kier molecular flexibility index (Phi) is 3.41. The second-order valence-corrected chi connectivity index (χ2v) is 5.13. The van der Waals surface area contributed by atoms with Gasteiger partial charge < -0.3 is 4.98 Å². The quantitative estimate of drug-likeness (QED) is 0.616. The van der Waals surface area contributed by atoms with Gasteiger partial charge >= 0.3 is 0 Å². The fourth-order valence-electron chi connectivity index (χ4n) is 2.52. The SMILES string of the molecule is c1ccc(-c2nc(-c3ccncc3)c(-c3ccccn3)[nH]2)cc1. The lowest BCUT2D eigenvalue weighted by Crippen LogP contribution is -1.86. The van der Waals surface area contributed by atoms with Crippen LogP contribution in [0.25, 0.3) is 34.0 Å². The molecule has 0 fully saturated rings. The molecule has 0 aliphatic rings. The van der Waals surface area contributed by atoms with Crippen LogP contribution in [0.15, 0.2) is 79.3 Å². The Morgan fingerprint density at radius 3 is 2.22 bits per heavy atom. The van der Waals surface area contributed by atoms with Gasteiger partial charge in [0.25, 0.3) is 0 Å². The summed E-state index contributed by atoms with van der Waals surface area (Å²) < 4.78 is 0. The maximum atomic E-state index is 4.80. The van der Waals surface area contributed by atoms with Crippen molar-refractivity contribution in [1.82, 2.24) is 19.9 Å². The van der Waals surface area contributed by atoms with E-state index in [1.807, 2.05) is 60.7 Å². The van der Waals surface area contributed by atoms with Crippen LogP contribution in [0.2, 0.25) is 0 Å². The molecule has 0 aliphatic heterocycles. The van der Waals surface area contributed by atoms with E-state index in [2.05, 4.69) is 15.0 Å². The normalized spacial score (nSPS) is 10.6. The van der Waals surface area contributed by atoms with Crippen LogP contribution in [0.3, 0.4) is 0 Å². The third-order valence-electron chi connectivity index (χ3n) is 3.63. The minimum Gasteiger partial charge on any atom is -0.336 e. The highest BCUT2D eigenvalue weighted by molar-refractivity contribution is 5.79. The van der Waals surface area contributed by atoms with E-state index in [0.717, 1.165) is 34.0 Å². The molecule has 1 N–H and O–H groups in total. The molecule has 0 saturated heterocycles. The van der Waals surface area contributed by atoms with E-state index in [1.165, 1.54) is 0 Å². The molecule has 4 nitrogen and oxygen atoms in total. The first-order chi connectivity index (χ1) is 11.4. The van der Waals surface area contributed by atoms with Gasteiger partial charge in [-0.25, -0.2) is 4.98 Å². The molecule has 0 unspecified atom stereocenters. The molecule has 23 heavy (non-hydrogen) atoms. The summed E-state index contributed by atoms with van der Waals surface area (Å²) in [5.41, 5.74) is 4.72. The number of benzene rings is 1. The van der Waals surface area contributed by atoms with Crippen LogP contribution in [-0.4, -0.2) is 19.9 Å². The molecule has 3 heterocycles. The highest BCUT2D eigenvalue weighted by atomic mass is 15.0. The number of hydrogen-bond acceptors (Lipinski definition) is 3. The molecule has 0 amide bonds. The predicted octanol–water partition coefficient (Wildman–Crippen LogP) is 4.20. The van der Waals surface area contributed by atoms with Crippen LogP contribution in [0.5, 0.6) is 0 Å². The molecule has 4 rings (SSSR count). The average molecular weight is 298 g/mol. The smallest absolute Gasteiger partial charge is 0.138 e. The minimum atomic E-state index is 0.832. The zero-order valence-corrected chi connectivity index (χ0v) is 12.3. The van der Waals surface area contributed by atoms with Gasteiger partial charge in [0, 0.05) is 29.7 Å². The zero-order chi connectivity index (χ0) is 15.5. The zero-order valence-electron chi connectivity index (χ0n) is 12.3. The minimum absolute atomic E-state index is 0.832. The number of nitrogens with zero attached hydrogens (tertiary/aromatic N) is 3. The van der Waals surface area contributed by atoms with Gasteiger partial charge in [-0.15, -0.1) is 0 Å². The van der Waals surface area contributed by atoms with Crippen LogP contribution >= 0.6 is 0 Å². The number of rotatable bonds is 3. The third kappa shape index (κ3) is 2.62. The predicted molar refractivity (Wildman–Crippen MR) is 90.5 cm³/mol. The van der Waals surface area contributed by atoms with Crippen LogP contribution in [0.4, 0.5) is 0 Å². The van der Waals surface area contributed by atoms with E-state index in [9.17, 15) is 0 Å². The van der Waals surface area contributed by atoms with Crippen molar-refractivity contribution >= 4 is 0 Å². The Hall–Kier alpha value is -3.27. The standard InChI is InChI=1S/C19H14N4/c1-2-6-15(7-3-1)19-22-17(14-9-12-20-13-10-14)18(23-19)16-8-4-5-11-21-16/h1-13H,(H,22,23). The van der Waals surface area contributed by atoms with E-state index in [4.69, 9.17) is 4.98 Å². The number of hydrogen-bond donors (Lipinski definition) is 1. The molecule has 4 heteroatoms. The van der Waals surface area contributed by atoms with Crippen LogP contribution in [-0.2, 0) is 0 Å². The van der Waals surface area contributed by atoms with Crippen molar-refractivity contribution in [3.63, 3.8) is 0 Å². The van der Waals surface area contributed by atoms with Crippen LogP contribution in [0, 0.1) is 0 Å². The molecule has 0 aliphatic carbocycles. The molecule has 3 aromatic heterocycles. The van der Waals surface area contributed by atoms with E-state index in [1.54, 1.807) is 18.6 Å². The molecule has 0 atom stereocenters. The number of H-pyrrole nitrogens is 1. The molecular formula is C19H14N4. The fourth-order valence-corrected chi connectivity index (χ4v) is 2.52. The maximum absolute atomic E-state index is 4.80. The first-order valence-corrected chi connectivity index (χ1v) is 7.39. The Balaban J connectivity index is 1.91. The highest BCUT2D eigenvalue weighted by Gasteiger charge is 2.15. The lowest BCUT2D eigenvalue weighted by atomic mass is 10.1. The van der Waals surface area contributed by atoms with Gasteiger partial charge in [-0.2, -0.15) is 0 Å². The lowest BCUT2D eigenvalue weighted by Gasteiger charge is -2.01. The summed E-state index contributed by atoms with van der Waals surface area (Å²) in [4.78, 5) is 16.8. The topological polar surface area (TPSA) is 54.5 Å². The van der Waals surface area contributed by atoms with Gasteiger partial charge in [-0.1, -0.05) is 36.4 Å². The molecule has 0 spiro atoms. The molecule has 1 aromatic carbocycles. The Morgan fingerprint density at radius 1 is 0.696 bits per heavy atom. The van der Waals surface area contributed by atoms with Gasteiger partial charge in [-0.3, -0.25) is 9.97 Å². The Labute approximate surface area is 133 Å². The summed E-state index contributed by atoms with van der Waals surface area (Å²) in [6.45, 7) is 0. The number of aromatic nitrogens is 4. The molecule has 4 aromatic rings. The van der Waals surface area contributed by atoms with Crippen molar-refractivity contribution in [1.29, 1.82) is 0 Å². The van der Waals surface area contributed by atoms with Crippen molar-refractivity contribution in [2.75, 3.05) is 0 Å². The molecule has 0 saturated carbocycles. The number of aromatic amines is 1. The summed E-state index contributed by atoms with van der Waals surface area (Å²) in [6.07, 6.45) is 5.33. The Morgan fingerprint density at radius 2 is 1.48 bits per heavy atom. The van der Waals surface area contributed by atoms with Gasteiger partial charge in [0.1, 0.15) is 5.82 Å². The van der Waals surface area contributed by atoms with Crippen molar-refractivity contribution in [3.05, 3.63) is 79.3 Å². The number of pyridine rings is 2. The summed E-state index contributed by atoms with van der Waals surface area (Å²) in [5, 5.41) is 0. The first kappa shape index (κ1) is 13.4. The van der Waals surface area contributed by atoms with Gasteiger partial charge in [0.2, 0.25) is 0 Å². The maximum Gasteiger partial charge on any atom is 0.138 e. The molecular weight excluding hydrogens is 284 g/mol. The highest BCUT2D eigenvalue weighted by Crippen LogP contribution is 2.31. The molecule has 0 radical (unpaired) electrons. The first-order valence-electron chi connectivity index (χ1n) is 7.39. The summed E-state index contributed by atoms with van der Waals surface area (Å²) in [5.74, 6) is 0.832. The number of nitrogens with one attached hydrogen (secondary N) is 1.